The molecule has 0 spiro atoms. The van der Waals surface area contributed by atoms with E-state index in [1.54, 1.807) is 24.3 Å². The van der Waals surface area contributed by atoms with E-state index < -0.39 is 16.7 Å². The minimum absolute atomic E-state index is 0.00774. The Bertz CT molecular complexity index is 853. The number of carbonyl (C=O) groups excluding carboxylic acids is 2. The predicted octanol–water partition coefficient (Wildman–Crippen LogP) is 3.49. The van der Waals surface area contributed by atoms with E-state index in [9.17, 15) is 19.7 Å². The average molecular weight is 425 g/mol. The number of nitrogens with zero attached hydrogens (tertiary/aromatic N) is 1. The summed E-state index contributed by atoms with van der Waals surface area (Å²) >= 11 is 8.97. The normalized spacial score (nSPS) is 10.5. The second-order valence-corrected chi connectivity index (χ2v) is 6.07. The number of halogens is 2. The van der Waals surface area contributed by atoms with Crippen LogP contribution in [0, 0.1) is 10.1 Å². The lowest BCUT2D eigenvalue weighted by atomic mass is 10.2. The van der Waals surface area contributed by atoms with Gasteiger partial charge in [-0.05, 0) is 42.0 Å². The largest absolute Gasteiger partial charge is 0.288 e. The molecule has 0 atom stereocenters. The summed E-state index contributed by atoms with van der Waals surface area (Å²) in [6, 6.07) is 10.7. The Hall–Kier alpha value is -2.71. The third-order valence-corrected chi connectivity index (χ3v) is 3.85. The van der Waals surface area contributed by atoms with E-state index in [4.69, 9.17) is 11.6 Å². The summed E-state index contributed by atoms with van der Waals surface area (Å²) in [4.78, 5) is 33.7. The highest BCUT2D eigenvalue weighted by Crippen LogP contribution is 2.25. The van der Waals surface area contributed by atoms with Crippen LogP contribution in [0.15, 0.2) is 53.0 Å². The number of amides is 2. The molecule has 0 radical (unpaired) electrons. The van der Waals surface area contributed by atoms with Gasteiger partial charge in [-0.2, -0.15) is 0 Å². The van der Waals surface area contributed by atoms with Crippen molar-refractivity contribution in [2.24, 2.45) is 0 Å². The van der Waals surface area contributed by atoms with Crippen molar-refractivity contribution in [1.82, 2.24) is 10.9 Å². The first-order valence-corrected chi connectivity index (χ1v) is 8.02. The number of nitrogens with one attached hydrogen (secondary N) is 2. The van der Waals surface area contributed by atoms with Crippen LogP contribution >= 0.6 is 27.5 Å². The van der Waals surface area contributed by atoms with Gasteiger partial charge in [0.05, 0.1) is 4.92 Å². The number of benzene rings is 2. The van der Waals surface area contributed by atoms with Gasteiger partial charge in [-0.3, -0.25) is 30.6 Å². The third-order valence-electron chi connectivity index (χ3n) is 3.00. The first-order valence-electron chi connectivity index (χ1n) is 6.85. The summed E-state index contributed by atoms with van der Waals surface area (Å²) in [5.74, 6) is -1.07. The summed E-state index contributed by atoms with van der Waals surface area (Å²) in [5.41, 5.74) is 5.02. The Labute approximate surface area is 155 Å². The zero-order valence-electron chi connectivity index (χ0n) is 12.5. The molecule has 2 N–H and O–H groups in total. The van der Waals surface area contributed by atoms with E-state index in [-0.39, 0.29) is 10.7 Å². The van der Waals surface area contributed by atoms with Gasteiger partial charge >= 0.3 is 0 Å². The van der Waals surface area contributed by atoms with Gasteiger partial charge in [0.25, 0.3) is 17.5 Å². The van der Waals surface area contributed by atoms with E-state index >= 15 is 0 Å². The van der Waals surface area contributed by atoms with Crippen molar-refractivity contribution in [3.63, 3.8) is 0 Å². The Kier molecular flexibility index (Phi) is 6.26. The molecule has 0 saturated carbocycles. The second kappa shape index (κ2) is 8.41. The fraction of sp³-hybridized carbons (Fsp3) is 0. The van der Waals surface area contributed by atoms with Crippen LogP contribution in [0.5, 0.6) is 0 Å². The Morgan fingerprint density at radius 1 is 1.12 bits per heavy atom. The molecular weight excluding hydrogens is 414 g/mol. The Morgan fingerprint density at radius 3 is 2.44 bits per heavy atom. The van der Waals surface area contributed by atoms with E-state index in [1.807, 2.05) is 0 Å². The van der Waals surface area contributed by atoms with Crippen LogP contribution in [-0.4, -0.2) is 16.7 Å². The molecule has 0 unspecified atom stereocenters. The molecule has 9 heteroatoms. The monoisotopic (exact) mass is 423 g/mol. The minimum atomic E-state index is -0.613. The van der Waals surface area contributed by atoms with Crippen LogP contribution in [0.2, 0.25) is 5.02 Å². The third kappa shape index (κ3) is 5.40. The molecule has 0 aliphatic rings. The maximum atomic E-state index is 11.8. The molecule has 128 valence electrons. The predicted molar refractivity (Wildman–Crippen MR) is 96.9 cm³/mol. The summed E-state index contributed by atoms with van der Waals surface area (Å²) in [5, 5.41) is 10.8. The number of hydrogen-bond donors (Lipinski definition) is 2. The summed E-state index contributed by atoms with van der Waals surface area (Å²) in [6.07, 6.45) is 2.50. The second-order valence-electron chi connectivity index (χ2n) is 4.75. The summed E-state index contributed by atoms with van der Waals surface area (Å²) < 4.78 is 0.827. The van der Waals surface area contributed by atoms with Crippen molar-refractivity contribution in [2.45, 2.75) is 0 Å². The van der Waals surface area contributed by atoms with Crippen molar-refractivity contribution in [2.75, 3.05) is 0 Å². The number of hydrogen-bond acceptors (Lipinski definition) is 4. The number of nitro groups is 1. The molecule has 0 saturated heterocycles. The SMILES string of the molecule is O=C(/C=C/c1ccc(Cl)c([N+](=O)[O-])c1)NNC(=O)c1ccc(Br)cc1. The molecule has 2 aromatic carbocycles. The standard InChI is InChI=1S/C16H11BrClN3O4/c17-12-5-3-11(4-6-12)16(23)20-19-15(22)8-2-10-1-7-13(18)14(9-10)21(24)25/h1-9H,(H,19,22)(H,20,23)/b8-2+. The van der Waals surface area contributed by atoms with Gasteiger partial charge in [0.1, 0.15) is 5.02 Å². The van der Waals surface area contributed by atoms with Crippen LogP contribution in [0.3, 0.4) is 0 Å². The van der Waals surface area contributed by atoms with E-state index in [1.165, 1.54) is 24.3 Å². The van der Waals surface area contributed by atoms with Crippen molar-refractivity contribution in [1.29, 1.82) is 0 Å². The topological polar surface area (TPSA) is 101 Å². The van der Waals surface area contributed by atoms with E-state index in [0.29, 0.717) is 11.1 Å². The van der Waals surface area contributed by atoms with Crippen molar-refractivity contribution in [3.05, 3.63) is 79.3 Å². The molecule has 7 nitrogen and oxygen atoms in total. The summed E-state index contributed by atoms with van der Waals surface area (Å²) in [7, 11) is 0. The molecular formula is C16H11BrClN3O4. The van der Waals surface area contributed by atoms with Crippen LogP contribution in [-0.2, 0) is 4.79 Å². The van der Waals surface area contributed by atoms with Crippen molar-refractivity contribution in [3.8, 4) is 0 Å². The van der Waals surface area contributed by atoms with Gasteiger partial charge in [0.2, 0.25) is 0 Å². The van der Waals surface area contributed by atoms with Gasteiger partial charge in [-0.1, -0.05) is 33.6 Å². The number of hydrazine groups is 1. The molecule has 0 aromatic heterocycles. The molecule has 2 aromatic rings. The molecule has 0 heterocycles. The van der Waals surface area contributed by atoms with Crippen LogP contribution < -0.4 is 10.9 Å². The van der Waals surface area contributed by atoms with Crippen molar-refractivity contribution < 1.29 is 14.5 Å². The van der Waals surface area contributed by atoms with Crippen LogP contribution in [0.25, 0.3) is 6.08 Å². The first kappa shape index (κ1) is 18.6. The molecule has 25 heavy (non-hydrogen) atoms. The fourth-order valence-electron chi connectivity index (χ4n) is 1.78. The van der Waals surface area contributed by atoms with Crippen LogP contribution in [0.1, 0.15) is 15.9 Å². The smallest absolute Gasteiger partial charge is 0.268 e. The number of nitro benzene ring substituents is 1. The lowest BCUT2D eigenvalue weighted by Crippen LogP contribution is -2.40. The van der Waals surface area contributed by atoms with Crippen LogP contribution in [0.4, 0.5) is 5.69 Å². The Balaban J connectivity index is 1.95. The molecule has 0 aliphatic heterocycles. The van der Waals surface area contributed by atoms with Gasteiger partial charge in [0, 0.05) is 22.2 Å². The fourth-order valence-corrected chi connectivity index (χ4v) is 2.23. The molecule has 0 bridgehead atoms. The zero-order valence-corrected chi connectivity index (χ0v) is 14.9. The molecule has 0 fully saturated rings. The summed E-state index contributed by atoms with van der Waals surface area (Å²) in [6.45, 7) is 0. The van der Waals surface area contributed by atoms with Gasteiger partial charge in [0.15, 0.2) is 0 Å². The van der Waals surface area contributed by atoms with Gasteiger partial charge in [-0.25, -0.2) is 0 Å². The molecule has 2 rings (SSSR count). The minimum Gasteiger partial charge on any atom is -0.268 e. The van der Waals surface area contributed by atoms with Crippen molar-refractivity contribution >= 4 is 51.1 Å². The number of carbonyl (C=O) groups is 2. The Morgan fingerprint density at radius 2 is 1.80 bits per heavy atom. The van der Waals surface area contributed by atoms with E-state index in [0.717, 1.165) is 10.5 Å². The quantitative estimate of drug-likeness (QED) is 0.446. The molecule has 0 aliphatic carbocycles. The lowest BCUT2D eigenvalue weighted by molar-refractivity contribution is -0.384. The lowest BCUT2D eigenvalue weighted by Gasteiger charge is -2.05. The first-order chi connectivity index (χ1) is 11.9. The van der Waals surface area contributed by atoms with Gasteiger partial charge in [-0.15, -0.1) is 0 Å². The maximum absolute atomic E-state index is 11.8. The highest BCUT2D eigenvalue weighted by Gasteiger charge is 2.11. The molecule has 2 amide bonds. The maximum Gasteiger partial charge on any atom is 0.288 e. The zero-order chi connectivity index (χ0) is 18.4. The van der Waals surface area contributed by atoms with E-state index in [2.05, 4.69) is 26.8 Å². The highest BCUT2D eigenvalue weighted by atomic mass is 79.9. The highest BCUT2D eigenvalue weighted by molar-refractivity contribution is 9.10. The average Bonchev–Trinajstić information content (AvgIpc) is 2.59. The van der Waals surface area contributed by atoms with Gasteiger partial charge < -0.3 is 0 Å². The number of rotatable bonds is 4.